The predicted octanol–water partition coefficient (Wildman–Crippen LogP) is 2.55. The normalized spacial score (nSPS) is 13.2. The van der Waals surface area contributed by atoms with E-state index in [1.54, 1.807) is 0 Å². The van der Waals surface area contributed by atoms with E-state index < -0.39 is 0 Å². The van der Waals surface area contributed by atoms with Gasteiger partial charge < -0.3 is 9.88 Å². The molecule has 0 fully saturated rings. The van der Waals surface area contributed by atoms with Gasteiger partial charge >= 0.3 is 0 Å². The van der Waals surface area contributed by atoms with E-state index in [1.165, 1.54) is 11.1 Å². The van der Waals surface area contributed by atoms with E-state index in [9.17, 15) is 0 Å². The lowest BCUT2D eigenvalue weighted by Gasteiger charge is -2.12. The zero-order valence-corrected chi connectivity index (χ0v) is 10.4. The van der Waals surface area contributed by atoms with Crippen molar-refractivity contribution in [1.82, 2.24) is 14.9 Å². The number of aryl methyl sites for hydroxylation is 2. The Morgan fingerprint density at radius 3 is 2.81 bits per heavy atom. The van der Waals surface area contributed by atoms with E-state index >= 15 is 0 Å². The number of hydrogen-bond acceptors (Lipinski definition) is 2. The van der Waals surface area contributed by atoms with Crippen LogP contribution in [-0.4, -0.2) is 16.1 Å². The fourth-order valence-electron chi connectivity index (χ4n) is 2.27. The summed E-state index contributed by atoms with van der Waals surface area (Å²) < 4.78 is 2.19. The lowest BCUT2D eigenvalue weighted by Crippen LogP contribution is -2.20. The first-order valence-electron chi connectivity index (χ1n) is 5.80. The van der Waals surface area contributed by atoms with Crippen LogP contribution in [0.5, 0.6) is 0 Å². The number of hydrogen-bond donors (Lipinski definition) is 1. The first-order chi connectivity index (χ1) is 7.65. The molecule has 1 heterocycles. The van der Waals surface area contributed by atoms with Crippen LogP contribution in [0, 0.1) is 6.92 Å². The quantitative estimate of drug-likeness (QED) is 0.856. The van der Waals surface area contributed by atoms with Crippen LogP contribution in [-0.2, 0) is 7.05 Å². The second-order valence-electron chi connectivity index (χ2n) is 4.25. The van der Waals surface area contributed by atoms with Crippen molar-refractivity contribution in [3.8, 4) is 0 Å². The molecule has 0 spiro atoms. The summed E-state index contributed by atoms with van der Waals surface area (Å²) in [5, 5.41) is 3.40. The fourth-order valence-corrected chi connectivity index (χ4v) is 2.27. The van der Waals surface area contributed by atoms with Crippen LogP contribution in [0.4, 0.5) is 0 Å². The van der Waals surface area contributed by atoms with Gasteiger partial charge in [0.2, 0.25) is 0 Å². The van der Waals surface area contributed by atoms with Gasteiger partial charge in [0.1, 0.15) is 5.82 Å². The Kier molecular flexibility index (Phi) is 2.97. The predicted molar refractivity (Wildman–Crippen MR) is 67.5 cm³/mol. The number of nitrogens with zero attached hydrogens (tertiary/aromatic N) is 2. The van der Waals surface area contributed by atoms with Crippen molar-refractivity contribution in [2.45, 2.75) is 26.8 Å². The molecule has 1 unspecified atom stereocenters. The highest BCUT2D eigenvalue weighted by molar-refractivity contribution is 5.79. The molecule has 0 bridgehead atoms. The summed E-state index contributed by atoms with van der Waals surface area (Å²) in [6.07, 6.45) is 0. The summed E-state index contributed by atoms with van der Waals surface area (Å²) in [5.74, 6) is 1.10. The highest BCUT2D eigenvalue weighted by Crippen LogP contribution is 2.21. The van der Waals surface area contributed by atoms with Crippen molar-refractivity contribution < 1.29 is 0 Å². The van der Waals surface area contributed by atoms with Gasteiger partial charge in [0.15, 0.2) is 0 Å². The molecule has 0 saturated carbocycles. The largest absolute Gasteiger partial charge is 0.330 e. The summed E-state index contributed by atoms with van der Waals surface area (Å²) >= 11 is 0. The highest BCUT2D eigenvalue weighted by Gasteiger charge is 2.14. The van der Waals surface area contributed by atoms with Crippen LogP contribution in [0.25, 0.3) is 11.0 Å². The number of rotatable bonds is 3. The molecule has 0 aliphatic heterocycles. The lowest BCUT2D eigenvalue weighted by atomic mass is 10.2. The van der Waals surface area contributed by atoms with Crippen molar-refractivity contribution in [3.63, 3.8) is 0 Å². The molecular formula is C13H19N3. The average molecular weight is 217 g/mol. The Balaban J connectivity index is 2.56. The van der Waals surface area contributed by atoms with Crippen LogP contribution in [0.15, 0.2) is 18.2 Å². The third-order valence-electron chi connectivity index (χ3n) is 3.03. The van der Waals surface area contributed by atoms with Crippen LogP contribution < -0.4 is 5.32 Å². The first kappa shape index (κ1) is 11.1. The van der Waals surface area contributed by atoms with Crippen LogP contribution in [0.3, 0.4) is 0 Å². The molecule has 2 rings (SSSR count). The standard InChI is InChI=1S/C13H19N3/c1-5-14-10(3)13-15-11-8-6-7-9(2)12(11)16(13)4/h6-8,10,14H,5H2,1-4H3. The Labute approximate surface area is 96.5 Å². The van der Waals surface area contributed by atoms with E-state index in [2.05, 4.69) is 55.9 Å². The Morgan fingerprint density at radius 1 is 1.44 bits per heavy atom. The molecule has 0 aliphatic carbocycles. The van der Waals surface area contributed by atoms with Crippen molar-refractivity contribution in [3.05, 3.63) is 29.6 Å². The molecule has 0 saturated heterocycles. The van der Waals surface area contributed by atoms with Crippen LogP contribution in [0.1, 0.15) is 31.3 Å². The summed E-state index contributed by atoms with van der Waals surface area (Å²) in [7, 11) is 2.09. The zero-order chi connectivity index (χ0) is 11.7. The van der Waals surface area contributed by atoms with Crippen molar-refractivity contribution in [2.24, 2.45) is 7.05 Å². The Hall–Kier alpha value is -1.35. The molecule has 1 aromatic carbocycles. The molecule has 3 nitrogen and oxygen atoms in total. The zero-order valence-electron chi connectivity index (χ0n) is 10.4. The van der Waals surface area contributed by atoms with Gasteiger partial charge in [-0.3, -0.25) is 0 Å². The number of aromatic nitrogens is 2. The molecule has 16 heavy (non-hydrogen) atoms. The number of para-hydroxylation sites is 1. The van der Waals surface area contributed by atoms with Crippen molar-refractivity contribution in [2.75, 3.05) is 6.54 Å². The van der Waals surface area contributed by atoms with Gasteiger partial charge in [0.05, 0.1) is 17.1 Å². The van der Waals surface area contributed by atoms with E-state index in [0.29, 0.717) is 6.04 Å². The minimum atomic E-state index is 0.293. The molecule has 1 N–H and O–H groups in total. The van der Waals surface area contributed by atoms with E-state index in [0.717, 1.165) is 17.9 Å². The SMILES string of the molecule is CCNC(C)c1nc2cccc(C)c2n1C. The molecule has 2 aromatic rings. The third-order valence-corrected chi connectivity index (χ3v) is 3.03. The van der Waals surface area contributed by atoms with Gasteiger partial charge in [-0.05, 0) is 32.0 Å². The topological polar surface area (TPSA) is 29.9 Å². The summed E-state index contributed by atoms with van der Waals surface area (Å²) in [6, 6.07) is 6.56. The second kappa shape index (κ2) is 4.26. The number of imidazole rings is 1. The third kappa shape index (κ3) is 1.71. The van der Waals surface area contributed by atoms with E-state index in [1.807, 2.05) is 0 Å². The smallest absolute Gasteiger partial charge is 0.126 e. The minimum absolute atomic E-state index is 0.293. The maximum Gasteiger partial charge on any atom is 0.126 e. The number of nitrogens with one attached hydrogen (secondary N) is 1. The van der Waals surface area contributed by atoms with Gasteiger partial charge in [-0.15, -0.1) is 0 Å². The number of benzene rings is 1. The average Bonchev–Trinajstić information content (AvgIpc) is 2.58. The molecule has 0 radical (unpaired) electrons. The van der Waals surface area contributed by atoms with Crippen LogP contribution in [0.2, 0.25) is 0 Å². The summed E-state index contributed by atoms with van der Waals surface area (Å²) in [4.78, 5) is 4.69. The Morgan fingerprint density at radius 2 is 2.19 bits per heavy atom. The molecule has 86 valence electrons. The van der Waals surface area contributed by atoms with Gasteiger partial charge in [-0.2, -0.15) is 0 Å². The molecule has 0 amide bonds. The molecule has 1 aromatic heterocycles. The molecule has 1 atom stereocenters. The van der Waals surface area contributed by atoms with Crippen LogP contribution >= 0.6 is 0 Å². The molecular weight excluding hydrogens is 198 g/mol. The minimum Gasteiger partial charge on any atom is -0.330 e. The van der Waals surface area contributed by atoms with Gasteiger partial charge in [-0.25, -0.2) is 4.98 Å². The summed E-state index contributed by atoms with van der Waals surface area (Å²) in [6.45, 7) is 7.36. The Bertz CT molecular complexity index is 499. The summed E-state index contributed by atoms with van der Waals surface area (Å²) in [5.41, 5.74) is 3.60. The van der Waals surface area contributed by atoms with Crippen molar-refractivity contribution >= 4 is 11.0 Å². The number of fused-ring (bicyclic) bond motifs is 1. The lowest BCUT2D eigenvalue weighted by molar-refractivity contribution is 0.551. The van der Waals surface area contributed by atoms with Gasteiger partial charge in [0.25, 0.3) is 0 Å². The maximum absolute atomic E-state index is 4.69. The fraction of sp³-hybridized carbons (Fsp3) is 0.462. The van der Waals surface area contributed by atoms with E-state index in [-0.39, 0.29) is 0 Å². The van der Waals surface area contributed by atoms with Gasteiger partial charge in [0, 0.05) is 7.05 Å². The van der Waals surface area contributed by atoms with Gasteiger partial charge in [-0.1, -0.05) is 19.1 Å². The molecule has 0 aliphatic rings. The monoisotopic (exact) mass is 217 g/mol. The first-order valence-corrected chi connectivity index (χ1v) is 5.80. The second-order valence-corrected chi connectivity index (χ2v) is 4.25. The van der Waals surface area contributed by atoms with E-state index in [4.69, 9.17) is 4.98 Å². The highest BCUT2D eigenvalue weighted by atomic mass is 15.1. The van der Waals surface area contributed by atoms with Crippen molar-refractivity contribution in [1.29, 1.82) is 0 Å². The maximum atomic E-state index is 4.69. The molecule has 3 heteroatoms.